The topological polar surface area (TPSA) is 58.2 Å². The number of amides is 2. The Kier molecular flexibility index (Phi) is 5.94. The number of fused-ring (bicyclic) bond motifs is 1. The number of aryl methyl sites for hydroxylation is 1. The summed E-state index contributed by atoms with van der Waals surface area (Å²) < 4.78 is 0. The van der Waals surface area contributed by atoms with E-state index in [1.807, 2.05) is 32.0 Å². The Morgan fingerprint density at radius 2 is 1.96 bits per heavy atom. The molecule has 2 aromatic rings. The molecule has 0 spiro atoms. The predicted molar refractivity (Wildman–Crippen MR) is 116 cm³/mol. The monoisotopic (exact) mass is 398 g/mol. The number of hydrogen-bond acceptors (Lipinski definition) is 3. The first-order chi connectivity index (χ1) is 13.2. The maximum atomic E-state index is 12.8. The quantitative estimate of drug-likeness (QED) is 0.743. The fourth-order valence-corrected chi connectivity index (χ4v) is 5.18. The van der Waals surface area contributed by atoms with Gasteiger partial charge in [-0.2, -0.15) is 0 Å². The van der Waals surface area contributed by atoms with Crippen LogP contribution in [0.3, 0.4) is 0 Å². The molecular weight excluding hydrogens is 368 g/mol. The number of thiophene rings is 1. The average Bonchev–Trinajstić information content (AvgIpc) is 2.98. The molecule has 0 saturated heterocycles. The SMILES string of the molecule is CCNC(=O)c1c(NC(=O)c2cccc(C)c2)sc2c1CC[C@H](C(C)(C)C)C2. The van der Waals surface area contributed by atoms with Crippen LogP contribution in [0.1, 0.15) is 70.8 Å². The van der Waals surface area contributed by atoms with Crippen LogP contribution in [0.4, 0.5) is 5.00 Å². The Morgan fingerprint density at radius 1 is 1.21 bits per heavy atom. The van der Waals surface area contributed by atoms with Crippen LogP contribution in [-0.4, -0.2) is 18.4 Å². The van der Waals surface area contributed by atoms with Crippen LogP contribution >= 0.6 is 11.3 Å². The minimum absolute atomic E-state index is 0.0891. The highest BCUT2D eigenvalue weighted by Crippen LogP contribution is 2.44. The van der Waals surface area contributed by atoms with E-state index in [0.717, 1.165) is 30.4 Å². The van der Waals surface area contributed by atoms with Crippen molar-refractivity contribution < 1.29 is 9.59 Å². The van der Waals surface area contributed by atoms with E-state index in [4.69, 9.17) is 0 Å². The summed E-state index contributed by atoms with van der Waals surface area (Å²) in [4.78, 5) is 26.8. The van der Waals surface area contributed by atoms with Crippen molar-refractivity contribution in [3.63, 3.8) is 0 Å². The van der Waals surface area contributed by atoms with E-state index in [0.29, 0.717) is 28.6 Å². The number of rotatable bonds is 4. The molecule has 0 bridgehead atoms. The highest BCUT2D eigenvalue weighted by atomic mass is 32.1. The van der Waals surface area contributed by atoms with Gasteiger partial charge in [-0.25, -0.2) is 0 Å². The Balaban J connectivity index is 1.95. The molecule has 1 atom stereocenters. The zero-order valence-electron chi connectivity index (χ0n) is 17.4. The molecule has 1 heterocycles. The van der Waals surface area contributed by atoms with E-state index < -0.39 is 0 Å². The second-order valence-electron chi connectivity index (χ2n) is 8.70. The fraction of sp³-hybridized carbons (Fsp3) is 0.478. The molecule has 0 fully saturated rings. The highest BCUT2D eigenvalue weighted by molar-refractivity contribution is 7.17. The van der Waals surface area contributed by atoms with E-state index in [9.17, 15) is 9.59 Å². The number of anilines is 1. The van der Waals surface area contributed by atoms with Gasteiger partial charge in [-0.15, -0.1) is 11.3 Å². The summed E-state index contributed by atoms with van der Waals surface area (Å²) in [6.45, 7) is 11.3. The molecule has 3 rings (SSSR count). The predicted octanol–water partition coefficient (Wildman–Crippen LogP) is 5.21. The molecule has 5 heteroatoms. The summed E-state index contributed by atoms with van der Waals surface area (Å²) in [5, 5.41) is 6.62. The second kappa shape index (κ2) is 8.08. The molecule has 0 radical (unpaired) electrons. The number of carbonyl (C=O) groups is 2. The Hall–Kier alpha value is -2.14. The van der Waals surface area contributed by atoms with Crippen LogP contribution < -0.4 is 10.6 Å². The zero-order chi connectivity index (χ0) is 20.5. The molecule has 28 heavy (non-hydrogen) atoms. The van der Waals surface area contributed by atoms with Gasteiger partial charge in [0.15, 0.2) is 0 Å². The normalized spacial score (nSPS) is 16.4. The smallest absolute Gasteiger partial charge is 0.256 e. The van der Waals surface area contributed by atoms with Gasteiger partial charge >= 0.3 is 0 Å². The minimum atomic E-state index is -0.166. The van der Waals surface area contributed by atoms with Crippen molar-refractivity contribution in [1.29, 1.82) is 0 Å². The van der Waals surface area contributed by atoms with E-state index in [2.05, 4.69) is 31.4 Å². The lowest BCUT2D eigenvalue weighted by Gasteiger charge is -2.33. The maximum Gasteiger partial charge on any atom is 0.256 e. The van der Waals surface area contributed by atoms with Gasteiger partial charge in [-0.1, -0.05) is 38.5 Å². The van der Waals surface area contributed by atoms with Crippen molar-refractivity contribution in [3.8, 4) is 0 Å². The molecule has 0 aliphatic heterocycles. The molecule has 150 valence electrons. The molecule has 0 unspecified atom stereocenters. The number of hydrogen-bond donors (Lipinski definition) is 2. The van der Waals surface area contributed by atoms with E-state index in [1.54, 1.807) is 17.4 Å². The number of benzene rings is 1. The van der Waals surface area contributed by atoms with Gasteiger partial charge in [0.25, 0.3) is 11.8 Å². The third-order valence-electron chi connectivity index (χ3n) is 5.56. The van der Waals surface area contributed by atoms with Gasteiger partial charge < -0.3 is 10.6 Å². The lowest BCUT2D eigenvalue weighted by Crippen LogP contribution is -2.28. The van der Waals surface area contributed by atoms with Crippen molar-refractivity contribution in [2.75, 3.05) is 11.9 Å². The Labute approximate surface area is 171 Å². The molecule has 4 nitrogen and oxygen atoms in total. The maximum absolute atomic E-state index is 12.8. The van der Waals surface area contributed by atoms with Crippen LogP contribution in [0.25, 0.3) is 0 Å². The zero-order valence-corrected chi connectivity index (χ0v) is 18.3. The van der Waals surface area contributed by atoms with Crippen LogP contribution in [0.15, 0.2) is 24.3 Å². The third kappa shape index (κ3) is 4.30. The van der Waals surface area contributed by atoms with Crippen LogP contribution in [0.2, 0.25) is 0 Å². The largest absolute Gasteiger partial charge is 0.352 e. The van der Waals surface area contributed by atoms with Crippen molar-refractivity contribution >= 4 is 28.2 Å². The van der Waals surface area contributed by atoms with Gasteiger partial charge in [0.2, 0.25) is 0 Å². The fourth-order valence-electron chi connectivity index (χ4n) is 3.86. The van der Waals surface area contributed by atoms with Crippen molar-refractivity contribution in [3.05, 3.63) is 51.4 Å². The van der Waals surface area contributed by atoms with Crippen LogP contribution in [0.5, 0.6) is 0 Å². The van der Waals surface area contributed by atoms with Crippen LogP contribution in [0, 0.1) is 18.3 Å². The van der Waals surface area contributed by atoms with Crippen LogP contribution in [-0.2, 0) is 12.8 Å². The first kappa shape index (κ1) is 20.6. The molecular formula is C23H30N2O2S. The van der Waals surface area contributed by atoms with E-state index in [-0.39, 0.29) is 17.2 Å². The lowest BCUT2D eigenvalue weighted by atomic mass is 9.72. The van der Waals surface area contributed by atoms with Gasteiger partial charge in [-0.3, -0.25) is 9.59 Å². The Bertz CT molecular complexity index is 892. The molecule has 1 aliphatic carbocycles. The van der Waals surface area contributed by atoms with Gasteiger partial charge in [0, 0.05) is 17.0 Å². The summed E-state index contributed by atoms with van der Waals surface area (Å²) in [7, 11) is 0. The van der Waals surface area contributed by atoms with Gasteiger partial charge in [-0.05, 0) is 62.1 Å². The first-order valence-corrected chi connectivity index (χ1v) is 10.8. The molecule has 2 N–H and O–H groups in total. The van der Waals surface area contributed by atoms with E-state index >= 15 is 0 Å². The summed E-state index contributed by atoms with van der Waals surface area (Å²) in [5.74, 6) is 0.329. The summed E-state index contributed by atoms with van der Waals surface area (Å²) >= 11 is 1.57. The van der Waals surface area contributed by atoms with Crippen molar-refractivity contribution in [2.24, 2.45) is 11.3 Å². The van der Waals surface area contributed by atoms with Crippen molar-refractivity contribution in [2.45, 2.75) is 53.9 Å². The first-order valence-electron chi connectivity index (χ1n) is 10.0. The molecule has 1 aliphatic rings. The van der Waals surface area contributed by atoms with Gasteiger partial charge in [0.1, 0.15) is 5.00 Å². The third-order valence-corrected chi connectivity index (χ3v) is 6.73. The second-order valence-corrected chi connectivity index (χ2v) is 9.80. The Morgan fingerprint density at radius 3 is 2.61 bits per heavy atom. The molecule has 0 saturated carbocycles. The lowest BCUT2D eigenvalue weighted by molar-refractivity contribution is 0.0955. The highest BCUT2D eigenvalue weighted by Gasteiger charge is 2.34. The van der Waals surface area contributed by atoms with E-state index in [1.165, 1.54) is 4.88 Å². The number of carbonyl (C=O) groups excluding carboxylic acids is 2. The van der Waals surface area contributed by atoms with Crippen molar-refractivity contribution in [1.82, 2.24) is 5.32 Å². The summed E-state index contributed by atoms with van der Waals surface area (Å²) in [5.41, 5.74) is 3.67. The van der Waals surface area contributed by atoms with Gasteiger partial charge in [0.05, 0.1) is 5.56 Å². The average molecular weight is 399 g/mol. The minimum Gasteiger partial charge on any atom is -0.352 e. The summed E-state index contributed by atoms with van der Waals surface area (Å²) in [6.07, 6.45) is 2.93. The molecule has 2 amide bonds. The molecule has 1 aromatic carbocycles. The number of nitrogens with one attached hydrogen (secondary N) is 2. The standard InChI is InChI=1S/C23H30N2O2S/c1-6-24-21(27)19-17-11-10-16(23(3,4)5)13-18(17)28-22(19)25-20(26)15-9-7-8-14(2)12-15/h7-9,12,16H,6,10-11,13H2,1-5H3,(H,24,27)(H,25,26)/t16-/m0/s1. The molecule has 1 aromatic heterocycles. The summed E-state index contributed by atoms with van der Waals surface area (Å²) in [6, 6.07) is 7.51.